The molecule has 37 heavy (non-hydrogen) atoms. The molecule has 0 aliphatic heterocycles. The Morgan fingerprint density at radius 1 is 1.08 bits per heavy atom. The molecule has 1 aromatic heterocycles. The lowest BCUT2D eigenvalue weighted by Crippen LogP contribution is -2.12. The van der Waals surface area contributed by atoms with E-state index in [0.717, 1.165) is 28.0 Å². The lowest BCUT2D eigenvalue weighted by molar-refractivity contribution is -0.385. The Labute approximate surface area is 216 Å². The summed E-state index contributed by atoms with van der Waals surface area (Å²) < 4.78 is 5.47. The molecule has 4 aromatic rings. The highest BCUT2D eigenvalue weighted by atomic mass is 16.6. The minimum absolute atomic E-state index is 0.118. The van der Waals surface area contributed by atoms with Crippen LogP contribution in [0.3, 0.4) is 0 Å². The van der Waals surface area contributed by atoms with Gasteiger partial charge in [0.2, 0.25) is 0 Å². The first kappa shape index (κ1) is 25.7. The van der Waals surface area contributed by atoms with Gasteiger partial charge in [0.15, 0.2) is 5.75 Å². The maximum Gasteiger partial charge on any atom is 0.311 e. The topological polar surface area (TPSA) is 101 Å². The van der Waals surface area contributed by atoms with Gasteiger partial charge in [0.05, 0.1) is 22.9 Å². The lowest BCUT2D eigenvalue weighted by Gasteiger charge is -2.23. The third-order valence-electron chi connectivity index (χ3n) is 6.15. The van der Waals surface area contributed by atoms with Crippen LogP contribution in [0.25, 0.3) is 39.5 Å². The van der Waals surface area contributed by atoms with Crippen LogP contribution in [-0.2, 0) is 5.41 Å². The predicted molar refractivity (Wildman–Crippen MR) is 148 cm³/mol. The number of nitro benzene ring substituents is 1. The summed E-state index contributed by atoms with van der Waals surface area (Å²) in [6, 6.07) is 18.4. The van der Waals surface area contributed by atoms with Gasteiger partial charge >= 0.3 is 5.69 Å². The first-order valence-electron chi connectivity index (χ1n) is 12.1. The van der Waals surface area contributed by atoms with Crippen molar-refractivity contribution in [2.24, 2.45) is 0 Å². The number of phenols is 1. The minimum atomic E-state index is -0.445. The highest BCUT2D eigenvalue weighted by Crippen LogP contribution is 2.41. The monoisotopic (exact) mass is 497 g/mol. The van der Waals surface area contributed by atoms with E-state index in [1.54, 1.807) is 19.1 Å². The standard InChI is InChI=1S/C30H31N3O4/c1-7-37-25-14-13-20(17-24(25)33(35)36)27-26(19-11-9-8-10-12-19)31-29(32-27)21-15-22(18(2)3)28(34)23(16-21)30(4,5)6/h8-17,34H,2,7H2,1,3-6H3,(H,31,32). The average Bonchev–Trinajstić information content (AvgIpc) is 3.29. The van der Waals surface area contributed by atoms with Crippen molar-refractivity contribution < 1.29 is 14.8 Å². The molecule has 4 rings (SSSR count). The van der Waals surface area contributed by atoms with E-state index in [9.17, 15) is 15.2 Å². The molecular weight excluding hydrogens is 466 g/mol. The number of nitrogens with zero attached hydrogens (tertiary/aromatic N) is 2. The van der Waals surface area contributed by atoms with Gasteiger partial charge in [-0.3, -0.25) is 10.1 Å². The van der Waals surface area contributed by atoms with Crippen molar-refractivity contribution in [3.63, 3.8) is 0 Å². The SMILES string of the molecule is C=C(C)c1cc(-c2nc(-c3ccc(OCC)c([N+](=O)[O-])c3)c(-c3ccccc3)[nH]2)cc(C(C)(C)C)c1O. The number of imidazole rings is 1. The predicted octanol–water partition coefficient (Wildman–Crippen LogP) is 7.75. The number of nitro groups is 1. The first-order valence-corrected chi connectivity index (χ1v) is 12.1. The zero-order valence-corrected chi connectivity index (χ0v) is 21.8. The summed E-state index contributed by atoms with van der Waals surface area (Å²) in [6.45, 7) is 14.1. The van der Waals surface area contributed by atoms with Gasteiger partial charge in [0, 0.05) is 33.9 Å². The number of hydrogen-bond donors (Lipinski definition) is 2. The summed E-state index contributed by atoms with van der Waals surface area (Å²) in [5.74, 6) is 1.01. The Bertz CT molecular complexity index is 1480. The number of aromatic hydroxyl groups is 1. The summed E-state index contributed by atoms with van der Waals surface area (Å²) in [4.78, 5) is 19.7. The van der Waals surface area contributed by atoms with Gasteiger partial charge in [-0.2, -0.15) is 0 Å². The van der Waals surface area contributed by atoms with E-state index < -0.39 is 4.92 Å². The Kier molecular flexibility index (Phi) is 6.90. The van der Waals surface area contributed by atoms with E-state index in [-0.39, 0.29) is 22.6 Å². The second kappa shape index (κ2) is 9.93. The van der Waals surface area contributed by atoms with Crippen molar-refractivity contribution in [2.45, 2.75) is 40.0 Å². The number of aromatic amines is 1. The molecule has 0 bridgehead atoms. The molecule has 1 heterocycles. The van der Waals surface area contributed by atoms with Gasteiger partial charge < -0.3 is 14.8 Å². The number of rotatable bonds is 7. The molecule has 7 nitrogen and oxygen atoms in total. The van der Waals surface area contributed by atoms with Crippen LogP contribution in [0.2, 0.25) is 0 Å². The van der Waals surface area contributed by atoms with Crippen LogP contribution < -0.4 is 4.74 Å². The van der Waals surface area contributed by atoms with Gasteiger partial charge in [-0.1, -0.05) is 57.7 Å². The van der Waals surface area contributed by atoms with Crippen molar-refractivity contribution >= 4 is 11.3 Å². The number of nitrogens with one attached hydrogen (secondary N) is 1. The molecule has 0 saturated heterocycles. The molecule has 0 atom stereocenters. The second-order valence-electron chi connectivity index (χ2n) is 10.00. The number of allylic oxidation sites excluding steroid dienone is 1. The van der Waals surface area contributed by atoms with Gasteiger partial charge in [0.1, 0.15) is 11.6 Å². The molecule has 0 aliphatic rings. The number of H-pyrrole nitrogens is 1. The van der Waals surface area contributed by atoms with Crippen LogP contribution in [0, 0.1) is 10.1 Å². The Morgan fingerprint density at radius 3 is 2.38 bits per heavy atom. The van der Waals surface area contributed by atoms with Crippen molar-refractivity contribution in [1.29, 1.82) is 0 Å². The van der Waals surface area contributed by atoms with Crippen LogP contribution in [-0.4, -0.2) is 26.6 Å². The molecule has 0 radical (unpaired) electrons. The number of ether oxygens (including phenoxy) is 1. The molecule has 3 aromatic carbocycles. The molecule has 0 unspecified atom stereocenters. The summed E-state index contributed by atoms with van der Waals surface area (Å²) in [5.41, 5.74) is 5.30. The van der Waals surface area contributed by atoms with Crippen LogP contribution >= 0.6 is 0 Å². The van der Waals surface area contributed by atoms with Gasteiger partial charge in [-0.25, -0.2) is 4.98 Å². The van der Waals surface area contributed by atoms with E-state index in [4.69, 9.17) is 9.72 Å². The van der Waals surface area contributed by atoms with E-state index in [1.807, 2.05) is 70.2 Å². The van der Waals surface area contributed by atoms with Gasteiger partial charge in [-0.05, 0) is 49.1 Å². The first-order chi connectivity index (χ1) is 17.5. The summed E-state index contributed by atoms with van der Waals surface area (Å²) in [7, 11) is 0. The fourth-order valence-corrected chi connectivity index (χ4v) is 4.29. The number of hydrogen-bond acceptors (Lipinski definition) is 5. The van der Waals surface area contributed by atoms with Crippen molar-refractivity contribution in [1.82, 2.24) is 9.97 Å². The molecule has 7 heteroatoms. The van der Waals surface area contributed by atoms with Crippen molar-refractivity contribution in [3.05, 3.63) is 88.5 Å². The molecular formula is C30H31N3O4. The van der Waals surface area contributed by atoms with Crippen molar-refractivity contribution in [3.8, 4) is 45.4 Å². The van der Waals surface area contributed by atoms with Crippen LogP contribution in [0.15, 0.2) is 67.2 Å². The molecule has 0 spiro atoms. The third kappa shape index (κ3) is 5.11. The maximum atomic E-state index is 11.8. The van der Waals surface area contributed by atoms with E-state index >= 15 is 0 Å². The normalized spacial score (nSPS) is 11.4. The summed E-state index contributed by atoms with van der Waals surface area (Å²) in [5, 5.41) is 22.8. The zero-order chi connectivity index (χ0) is 26.9. The van der Waals surface area contributed by atoms with E-state index in [0.29, 0.717) is 29.3 Å². The van der Waals surface area contributed by atoms with Crippen LogP contribution in [0.1, 0.15) is 45.7 Å². The van der Waals surface area contributed by atoms with Gasteiger partial charge in [-0.15, -0.1) is 0 Å². The minimum Gasteiger partial charge on any atom is -0.507 e. The summed E-state index contributed by atoms with van der Waals surface area (Å²) in [6.07, 6.45) is 0. The highest BCUT2D eigenvalue weighted by molar-refractivity contribution is 5.84. The smallest absolute Gasteiger partial charge is 0.311 e. The molecule has 0 fully saturated rings. The zero-order valence-electron chi connectivity index (χ0n) is 21.8. The Morgan fingerprint density at radius 2 is 1.78 bits per heavy atom. The largest absolute Gasteiger partial charge is 0.507 e. The number of benzene rings is 3. The van der Waals surface area contributed by atoms with Crippen molar-refractivity contribution in [2.75, 3.05) is 6.61 Å². The van der Waals surface area contributed by atoms with Crippen LogP contribution in [0.4, 0.5) is 5.69 Å². The second-order valence-corrected chi connectivity index (χ2v) is 10.00. The van der Waals surface area contributed by atoms with E-state index in [1.165, 1.54) is 6.07 Å². The fourth-order valence-electron chi connectivity index (χ4n) is 4.29. The fraction of sp³-hybridized carbons (Fsp3) is 0.233. The number of phenolic OH excluding ortho intramolecular Hbond substituents is 1. The quantitative estimate of drug-likeness (QED) is 0.201. The lowest BCUT2D eigenvalue weighted by atomic mass is 9.83. The molecule has 2 N–H and O–H groups in total. The molecule has 0 aliphatic carbocycles. The highest BCUT2D eigenvalue weighted by Gasteiger charge is 2.25. The Balaban J connectivity index is 1.98. The maximum absolute atomic E-state index is 11.8. The molecule has 0 saturated carbocycles. The third-order valence-corrected chi connectivity index (χ3v) is 6.15. The summed E-state index contributed by atoms with van der Waals surface area (Å²) >= 11 is 0. The van der Waals surface area contributed by atoms with E-state index in [2.05, 4.69) is 11.6 Å². The van der Waals surface area contributed by atoms with Gasteiger partial charge in [0.25, 0.3) is 0 Å². The Hall–Kier alpha value is -4.39. The average molecular weight is 498 g/mol. The molecule has 0 amide bonds. The number of aromatic nitrogens is 2. The van der Waals surface area contributed by atoms with Crippen LogP contribution in [0.5, 0.6) is 11.5 Å². The molecule has 190 valence electrons.